The first-order valence-electron chi connectivity index (χ1n) is 8.21. The third-order valence-electron chi connectivity index (χ3n) is 4.15. The molecule has 0 unspecified atom stereocenters. The molecule has 1 fully saturated rings. The molecule has 1 saturated heterocycles. The van der Waals surface area contributed by atoms with Crippen molar-refractivity contribution in [1.29, 1.82) is 0 Å². The maximum atomic E-state index is 12.3. The molecule has 3 rings (SSSR count). The van der Waals surface area contributed by atoms with Gasteiger partial charge in [0.25, 0.3) is 5.91 Å². The van der Waals surface area contributed by atoms with Crippen molar-refractivity contribution in [2.24, 2.45) is 0 Å². The molecule has 0 spiro atoms. The van der Waals surface area contributed by atoms with Gasteiger partial charge in [0.2, 0.25) is 0 Å². The molecule has 0 radical (unpaired) electrons. The van der Waals surface area contributed by atoms with Crippen LogP contribution in [0.3, 0.4) is 0 Å². The number of amides is 1. The summed E-state index contributed by atoms with van der Waals surface area (Å²) in [6, 6.07) is 7.67. The molecule has 0 atom stereocenters. The van der Waals surface area contributed by atoms with Gasteiger partial charge >= 0.3 is 0 Å². The van der Waals surface area contributed by atoms with Gasteiger partial charge in [-0.3, -0.25) is 14.8 Å². The van der Waals surface area contributed by atoms with E-state index in [4.69, 9.17) is 0 Å². The lowest BCUT2D eigenvalue weighted by Crippen LogP contribution is -2.26. The van der Waals surface area contributed by atoms with Gasteiger partial charge in [0, 0.05) is 43.9 Å². The molecular formula is C18H22N4O. The smallest absolute Gasteiger partial charge is 0.270 e. The van der Waals surface area contributed by atoms with Crippen LogP contribution in [0.2, 0.25) is 0 Å². The first-order chi connectivity index (χ1) is 11.3. The standard InChI is InChI=1S/C18H22N4O/c23-18(21-14-15-5-8-19-9-6-15)17-13-16(7-10-20-17)22-11-3-1-2-4-12-22/h5-10,13H,1-4,11-12,14H2,(H,21,23). The van der Waals surface area contributed by atoms with Crippen LogP contribution in [0.1, 0.15) is 41.7 Å². The van der Waals surface area contributed by atoms with E-state index in [1.807, 2.05) is 24.3 Å². The zero-order valence-corrected chi connectivity index (χ0v) is 13.2. The van der Waals surface area contributed by atoms with Gasteiger partial charge in [-0.2, -0.15) is 0 Å². The van der Waals surface area contributed by atoms with Gasteiger partial charge in [0.05, 0.1) is 0 Å². The van der Waals surface area contributed by atoms with E-state index < -0.39 is 0 Å². The van der Waals surface area contributed by atoms with Crippen molar-refractivity contribution in [3.63, 3.8) is 0 Å². The molecule has 1 amide bonds. The number of pyridine rings is 2. The summed E-state index contributed by atoms with van der Waals surface area (Å²) in [4.78, 5) is 22.9. The van der Waals surface area contributed by atoms with Crippen LogP contribution in [-0.2, 0) is 6.54 Å². The number of aromatic nitrogens is 2. The highest BCUT2D eigenvalue weighted by atomic mass is 16.1. The normalized spacial score (nSPS) is 15.0. The summed E-state index contributed by atoms with van der Waals surface area (Å²) in [5.74, 6) is -0.140. The van der Waals surface area contributed by atoms with E-state index in [-0.39, 0.29) is 5.91 Å². The third-order valence-corrected chi connectivity index (χ3v) is 4.15. The van der Waals surface area contributed by atoms with Crippen LogP contribution in [0.4, 0.5) is 5.69 Å². The third kappa shape index (κ3) is 4.28. The fourth-order valence-electron chi connectivity index (χ4n) is 2.84. The maximum absolute atomic E-state index is 12.3. The highest BCUT2D eigenvalue weighted by molar-refractivity contribution is 5.93. The number of carbonyl (C=O) groups is 1. The lowest BCUT2D eigenvalue weighted by molar-refractivity contribution is 0.0946. The Hall–Kier alpha value is -2.43. The second kappa shape index (κ2) is 7.72. The summed E-state index contributed by atoms with van der Waals surface area (Å²) in [5, 5.41) is 2.91. The highest BCUT2D eigenvalue weighted by Crippen LogP contribution is 2.19. The van der Waals surface area contributed by atoms with Crippen LogP contribution < -0.4 is 10.2 Å². The molecule has 1 aliphatic heterocycles. The fourth-order valence-corrected chi connectivity index (χ4v) is 2.84. The van der Waals surface area contributed by atoms with Crippen molar-refractivity contribution in [3.8, 4) is 0 Å². The maximum Gasteiger partial charge on any atom is 0.270 e. The first kappa shape index (κ1) is 15.5. The van der Waals surface area contributed by atoms with Crippen LogP contribution in [-0.4, -0.2) is 29.0 Å². The molecule has 120 valence electrons. The molecule has 2 aromatic rings. The van der Waals surface area contributed by atoms with Crippen LogP contribution in [0.15, 0.2) is 42.9 Å². The lowest BCUT2D eigenvalue weighted by Gasteiger charge is -2.22. The number of nitrogens with zero attached hydrogens (tertiary/aromatic N) is 3. The number of nitrogens with one attached hydrogen (secondary N) is 1. The molecule has 1 N–H and O–H groups in total. The quantitative estimate of drug-likeness (QED) is 0.943. The zero-order valence-electron chi connectivity index (χ0n) is 13.2. The molecule has 0 saturated carbocycles. The van der Waals surface area contributed by atoms with E-state index in [1.54, 1.807) is 18.6 Å². The van der Waals surface area contributed by atoms with E-state index in [0.29, 0.717) is 12.2 Å². The Morgan fingerprint density at radius 1 is 1.04 bits per heavy atom. The van der Waals surface area contributed by atoms with Crippen molar-refractivity contribution >= 4 is 11.6 Å². The van der Waals surface area contributed by atoms with Gasteiger partial charge in [0.15, 0.2) is 0 Å². The first-order valence-corrected chi connectivity index (χ1v) is 8.21. The molecule has 23 heavy (non-hydrogen) atoms. The Balaban J connectivity index is 1.65. The molecule has 0 bridgehead atoms. The topological polar surface area (TPSA) is 58.1 Å². The minimum Gasteiger partial charge on any atom is -0.371 e. The van der Waals surface area contributed by atoms with Gasteiger partial charge in [-0.1, -0.05) is 12.8 Å². The Labute approximate surface area is 136 Å². The summed E-state index contributed by atoms with van der Waals surface area (Å²) in [6.45, 7) is 2.60. The highest BCUT2D eigenvalue weighted by Gasteiger charge is 2.13. The minimum absolute atomic E-state index is 0.140. The summed E-state index contributed by atoms with van der Waals surface area (Å²) in [6.07, 6.45) is 10.2. The molecule has 1 aliphatic rings. The molecule has 2 aromatic heterocycles. The average Bonchev–Trinajstić information content (AvgIpc) is 2.90. The van der Waals surface area contributed by atoms with Crippen molar-refractivity contribution in [1.82, 2.24) is 15.3 Å². The van der Waals surface area contributed by atoms with Gasteiger partial charge in [0.1, 0.15) is 5.69 Å². The predicted molar refractivity (Wildman–Crippen MR) is 90.3 cm³/mol. The van der Waals surface area contributed by atoms with E-state index in [9.17, 15) is 4.79 Å². The zero-order chi connectivity index (χ0) is 15.9. The minimum atomic E-state index is -0.140. The fraction of sp³-hybridized carbons (Fsp3) is 0.389. The van der Waals surface area contributed by atoms with E-state index in [0.717, 1.165) is 24.3 Å². The molecule has 3 heterocycles. The molecule has 0 aromatic carbocycles. The summed E-state index contributed by atoms with van der Waals surface area (Å²) >= 11 is 0. The lowest BCUT2D eigenvalue weighted by atomic mass is 10.2. The van der Waals surface area contributed by atoms with Gasteiger partial charge in [-0.15, -0.1) is 0 Å². The van der Waals surface area contributed by atoms with E-state index in [2.05, 4.69) is 20.2 Å². The second-order valence-electron chi connectivity index (χ2n) is 5.84. The van der Waals surface area contributed by atoms with Gasteiger partial charge in [-0.25, -0.2) is 0 Å². The Bertz CT molecular complexity index is 636. The molecule has 5 nitrogen and oxygen atoms in total. The van der Waals surface area contributed by atoms with Gasteiger partial charge < -0.3 is 10.2 Å². The van der Waals surface area contributed by atoms with E-state index in [1.165, 1.54) is 25.7 Å². The molecular weight excluding hydrogens is 288 g/mol. The van der Waals surface area contributed by atoms with Crippen LogP contribution >= 0.6 is 0 Å². The Morgan fingerprint density at radius 3 is 2.52 bits per heavy atom. The molecule has 0 aliphatic carbocycles. The number of carbonyl (C=O) groups excluding carboxylic acids is 1. The summed E-state index contributed by atoms with van der Waals surface area (Å²) in [5.41, 5.74) is 2.59. The summed E-state index contributed by atoms with van der Waals surface area (Å²) in [7, 11) is 0. The number of hydrogen-bond donors (Lipinski definition) is 1. The predicted octanol–water partition coefficient (Wildman–Crippen LogP) is 2.79. The van der Waals surface area contributed by atoms with Crippen molar-refractivity contribution < 1.29 is 4.79 Å². The second-order valence-corrected chi connectivity index (χ2v) is 5.84. The van der Waals surface area contributed by atoms with Crippen LogP contribution in [0.5, 0.6) is 0 Å². The van der Waals surface area contributed by atoms with Crippen molar-refractivity contribution in [2.45, 2.75) is 32.2 Å². The Kier molecular flexibility index (Phi) is 5.19. The SMILES string of the molecule is O=C(NCc1ccncc1)c1cc(N2CCCCCC2)ccn1. The Morgan fingerprint density at radius 2 is 1.78 bits per heavy atom. The average molecular weight is 310 g/mol. The largest absolute Gasteiger partial charge is 0.371 e. The number of anilines is 1. The van der Waals surface area contributed by atoms with Crippen molar-refractivity contribution in [2.75, 3.05) is 18.0 Å². The number of hydrogen-bond acceptors (Lipinski definition) is 4. The summed E-state index contributed by atoms with van der Waals surface area (Å²) < 4.78 is 0. The van der Waals surface area contributed by atoms with E-state index >= 15 is 0 Å². The van der Waals surface area contributed by atoms with Crippen LogP contribution in [0.25, 0.3) is 0 Å². The number of rotatable bonds is 4. The van der Waals surface area contributed by atoms with Gasteiger partial charge in [-0.05, 0) is 42.7 Å². The molecule has 5 heteroatoms. The van der Waals surface area contributed by atoms with Crippen LogP contribution in [0, 0.1) is 0 Å². The van der Waals surface area contributed by atoms with Crippen molar-refractivity contribution in [3.05, 3.63) is 54.1 Å². The monoisotopic (exact) mass is 310 g/mol.